The molecule has 2 bridgehead atoms. The summed E-state index contributed by atoms with van der Waals surface area (Å²) in [6, 6.07) is 1.51. The molecule has 3 fully saturated rings. The molecule has 21 heavy (non-hydrogen) atoms. The fourth-order valence-corrected chi connectivity index (χ4v) is 5.00. The van der Waals surface area contributed by atoms with Crippen LogP contribution in [0.15, 0.2) is 11.6 Å². The predicted octanol–water partition coefficient (Wildman–Crippen LogP) is 3.83. The first-order valence-electron chi connectivity index (χ1n) is 9.23. The molecule has 2 aliphatic carbocycles. The van der Waals surface area contributed by atoms with Gasteiger partial charge in [-0.05, 0) is 83.7 Å². The van der Waals surface area contributed by atoms with Gasteiger partial charge in [-0.2, -0.15) is 0 Å². The number of likely N-dealkylation sites (tertiary alicyclic amines) is 1. The molecule has 4 unspecified atom stereocenters. The maximum absolute atomic E-state index is 3.99. The molecule has 0 spiro atoms. The summed E-state index contributed by atoms with van der Waals surface area (Å²) in [6.07, 6.45) is 11.1. The van der Waals surface area contributed by atoms with Crippen LogP contribution in [0, 0.1) is 17.8 Å². The van der Waals surface area contributed by atoms with Crippen LogP contribution < -0.4 is 5.32 Å². The molecule has 0 aromatic heterocycles. The quantitative estimate of drug-likeness (QED) is 0.774. The molecule has 1 heterocycles. The van der Waals surface area contributed by atoms with E-state index < -0.39 is 0 Å². The van der Waals surface area contributed by atoms with Crippen LogP contribution in [-0.2, 0) is 0 Å². The first-order valence-corrected chi connectivity index (χ1v) is 9.23. The molecule has 120 valence electrons. The molecule has 0 radical (unpaired) electrons. The second-order valence-corrected chi connectivity index (χ2v) is 8.15. The number of rotatable bonds is 5. The molecule has 2 saturated carbocycles. The number of nitrogens with zero attached hydrogens (tertiary/aromatic N) is 1. The largest absolute Gasteiger partial charge is 0.311 e. The minimum atomic E-state index is 0.745. The van der Waals surface area contributed by atoms with E-state index in [0.717, 1.165) is 36.4 Å². The molecule has 3 rings (SSSR count). The van der Waals surface area contributed by atoms with Crippen molar-refractivity contribution in [3.8, 4) is 0 Å². The summed E-state index contributed by atoms with van der Waals surface area (Å²) in [4.78, 5) is 2.60. The van der Waals surface area contributed by atoms with Crippen molar-refractivity contribution >= 4 is 0 Å². The zero-order valence-electron chi connectivity index (χ0n) is 14.3. The zero-order chi connectivity index (χ0) is 14.8. The first-order chi connectivity index (χ1) is 10.1. The molecule has 1 aliphatic heterocycles. The number of hydrogen-bond donors (Lipinski definition) is 1. The highest BCUT2D eigenvalue weighted by Crippen LogP contribution is 2.49. The van der Waals surface area contributed by atoms with Crippen molar-refractivity contribution in [2.24, 2.45) is 17.8 Å². The van der Waals surface area contributed by atoms with Crippen LogP contribution in [0.25, 0.3) is 0 Å². The molecular formula is C19H34N2. The number of allylic oxidation sites excluding steroid dienone is 1. The van der Waals surface area contributed by atoms with Crippen molar-refractivity contribution in [1.29, 1.82) is 0 Å². The van der Waals surface area contributed by atoms with E-state index in [0.29, 0.717) is 0 Å². The van der Waals surface area contributed by atoms with E-state index in [-0.39, 0.29) is 0 Å². The van der Waals surface area contributed by atoms with Crippen molar-refractivity contribution < 1.29 is 0 Å². The van der Waals surface area contributed by atoms with Gasteiger partial charge in [-0.1, -0.05) is 18.1 Å². The molecular weight excluding hydrogens is 256 g/mol. The SMILES string of the molecule is CC(C)=CCN1CCC(NC(C)C2CC3CCC2C3)CC1. The van der Waals surface area contributed by atoms with Crippen LogP contribution >= 0.6 is 0 Å². The standard InChI is InChI=1S/C19H34N2/c1-14(2)6-9-21-10-7-18(8-11-21)20-15(3)19-13-16-4-5-17(19)12-16/h6,15-20H,4-5,7-13H2,1-3H3. The molecule has 1 N–H and O–H groups in total. The summed E-state index contributed by atoms with van der Waals surface area (Å²) in [7, 11) is 0. The van der Waals surface area contributed by atoms with Crippen molar-refractivity contribution in [2.75, 3.05) is 19.6 Å². The fraction of sp³-hybridized carbons (Fsp3) is 0.895. The van der Waals surface area contributed by atoms with Crippen molar-refractivity contribution in [1.82, 2.24) is 10.2 Å². The van der Waals surface area contributed by atoms with Gasteiger partial charge in [0.15, 0.2) is 0 Å². The molecule has 1 saturated heterocycles. The Bertz CT molecular complexity index is 364. The second kappa shape index (κ2) is 6.83. The maximum atomic E-state index is 3.99. The van der Waals surface area contributed by atoms with Gasteiger partial charge in [-0.25, -0.2) is 0 Å². The minimum absolute atomic E-state index is 0.745. The highest BCUT2D eigenvalue weighted by Gasteiger charge is 2.42. The minimum Gasteiger partial charge on any atom is -0.311 e. The Morgan fingerprint density at radius 3 is 2.48 bits per heavy atom. The van der Waals surface area contributed by atoms with Crippen LogP contribution in [0.5, 0.6) is 0 Å². The van der Waals surface area contributed by atoms with Crippen LogP contribution in [0.4, 0.5) is 0 Å². The van der Waals surface area contributed by atoms with Gasteiger partial charge in [0.1, 0.15) is 0 Å². The normalized spacial score (nSPS) is 35.1. The zero-order valence-corrected chi connectivity index (χ0v) is 14.3. The lowest BCUT2D eigenvalue weighted by Gasteiger charge is -2.36. The van der Waals surface area contributed by atoms with Crippen LogP contribution in [0.3, 0.4) is 0 Å². The Balaban J connectivity index is 1.40. The van der Waals surface area contributed by atoms with Crippen LogP contribution in [-0.4, -0.2) is 36.6 Å². The summed E-state index contributed by atoms with van der Waals surface area (Å²) < 4.78 is 0. The number of piperidine rings is 1. The topological polar surface area (TPSA) is 15.3 Å². The average Bonchev–Trinajstić information content (AvgIpc) is 3.09. The Morgan fingerprint density at radius 1 is 1.14 bits per heavy atom. The second-order valence-electron chi connectivity index (χ2n) is 8.15. The van der Waals surface area contributed by atoms with E-state index in [1.54, 1.807) is 0 Å². The Morgan fingerprint density at radius 2 is 1.90 bits per heavy atom. The van der Waals surface area contributed by atoms with Crippen LogP contribution in [0.2, 0.25) is 0 Å². The molecule has 2 heteroatoms. The van der Waals surface area contributed by atoms with E-state index in [4.69, 9.17) is 0 Å². The van der Waals surface area contributed by atoms with Gasteiger partial charge in [-0.15, -0.1) is 0 Å². The lowest BCUT2D eigenvalue weighted by atomic mass is 9.83. The van der Waals surface area contributed by atoms with Gasteiger partial charge in [0.05, 0.1) is 0 Å². The molecule has 0 amide bonds. The van der Waals surface area contributed by atoms with E-state index in [1.807, 2.05) is 0 Å². The van der Waals surface area contributed by atoms with E-state index in [9.17, 15) is 0 Å². The first kappa shape index (κ1) is 15.6. The van der Waals surface area contributed by atoms with Crippen molar-refractivity contribution in [2.45, 2.75) is 71.4 Å². The summed E-state index contributed by atoms with van der Waals surface area (Å²) in [5.41, 5.74) is 1.44. The highest BCUT2D eigenvalue weighted by molar-refractivity contribution is 4.97. The van der Waals surface area contributed by atoms with E-state index in [1.165, 1.54) is 57.2 Å². The molecule has 0 aromatic rings. The molecule has 0 aromatic carbocycles. The van der Waals surface area contributed by atoms with Crippen molar-refractivity contribution in [3.05, 3.63) is 11.6 Å². The Hall–Kier alpha value is -0.340. The third-order valence-electron chi connectivity index (χ3n) is 6.28. The Kier molecular flexibility index (Phi) is 5.06. The number of fused-ring (bicyclic) bond motifs is 2. The third-order valence-corrected chi connectivity index (χ3v) is 6.28. The third kappa shape index (κ3) is 3.90. The van der Waals surface area contributed by atoms with E-state index in [2.05, 4.69) is 37.1 Å². The molecule has 3 aliphatic rings. The average molecular weight is 290 g/mol. The maximum Gasteiger partial charge on any atom is 0.0165 e. The summed E-state index contributed by atoms with van der Waals surface area (Å²) >= 11 is 0. The Labute approximate surface area is 131 Å². The number of nitrogens with one attached hydrogen (secondary N) is 1. The lowest BCUT2D eigenvalue weighted by Crippen LogP contribution is -2.48. The highest BCUT2D eigenvalue weighted by atomic mass is 15.1. The molecule has 2 nitrogen and oxygen atoms in total. The molecule has 4 atom stereocenters. The monoisotopic (exact) mass is 290 g/mol. The predicted molar refractivity (Wildman–Crippen MR) is 90.4 cm³/mol. The van der Waals surface area contributed by atoms with Crippen molar-refractivity contribution in [3.63, 3.8) is 0 Å². The summed E-state index contributed by atoms with van der Waals surface area (Å²) in [5, 5.41) is 3.99. The van der Waals surface area contributed by atoms with Gasteiger partial charge in [-0.3, -0.25) is 4.90 Å². The summed E-state index contributed by atoms with van der Waals surface area (Å²) in [5.74, 6) is 3.11. The number of hydrogen-bond acceptors (Lipinski definition) is 2. The lowest BCUT2D eigenvalue weighted by molar-refractivity contribution is 0.182. The van der Waals surface area contributed by atoms with Gasteiger partial charge in [0.2, 0.25) is 0 Å². The van der Waals surface area contributed by atoms with E-state index >= 15 is 0 Å². The smallest absolute Gasteiger partial charge is 0.0165 e. The fourth-order valence-electron chi connectivity index (χ4n) is 5.00. The van der Waals surface area contributed by atoms with Gasteiger partial charge in [0, 0.05) is 18.6 Å². The summed E-state index contributed by atoms with van der Waals surface area (Å²) in [6.45, 7) is 10.5. The van der Waals surface area contributed by atoms with Crippen LogP contribution in [0.1, 0.15) is 59.3 Å². The van der Waals surface area contributed by atoms with Gasteiger partial charge >= 0.3 is 0 Å². The van der Waals surface area contributed by atoms with Gasteiger partial charge in [0.25, 0.3) is 0 Å². The van der Waals surface area contributed by atoms with Gasteiger partial charge < -0.3 is 5.32 Å².